The molecule has 1 fully saturated rings. The number of nitrogen functional groups attached to an aromatic ring is 1. The molecule has 4 N–H and O–H groups in total. The second-order valence-electron chi connectivity index (χ2n) is 5.12. The van der Waals surface area contributed by atoms with Gasteiger partial charge >= 0.3 is 5.69 Å². The van der Waals surface area contributed by atoms with Crippen LogP contribution in [0.2, 0.25) is 0 Å². The Morgan fingerprint density at radius 1 is 1.48 bits per heavy atom. The van der Waals surface area contributed by atoms with Gasteiger partial charge in [-0.15, -0.1) is 0 Å². The number of H-pyrrole nitrogens is 1. The molecule has 0 aliphatic carbocycles. The summed E-state index contributed by atoms with van der Waals surface area (Å²) in [5, 5.41) is 9.19. The van der Waals surface area contributed by atoms with E-state index in [-0.39, 0.29) is 24.2 Å². The first kappa shape index (κ1) is 15.6. The van der Waals surface area contributed by atoms with Crippen LogP contribution in [0.4, 0.5) is 11.5 Å². The lowest BCUT2D eigenvalue weighted by atomic mass is 10.2. The number of aromatic nitrogens is 2. The van der Waals surface area contributed by atoms with Crippen molar-refractivity contribution in [3.8, 4) is 0 Å². The average molecular weight is 298 g/mol. The normalized spacial score (nSPS) is 19.0. The first-order chi connectivity index (χ1) is 10.1. The quantitative estimate of drug-likeness (QED) is 0.650. The smallest absolute Gasteiger partial charge is 0.330 e. The topological polar surface area (TPSA) is 114 Å². The van der Waals surface area contributed by atoms with E-state index in [0.717, 1.165) is 12.8 Å². The van der Waals surface area contributed by atoms with Crippen LogP contribution in [0.1, 0.15) is 19.8 Å². The fraction of sp³-hybridized carbons (Fsp3) is 0.692. The van der Waals surface area contributed by atoms with Crippen molar-refractivity contribution < 1.29 is 9.84 Å². The average Bonchev–Trinajstić information content (AvgIpc) is 2.47. The van der Waals surface area contributed by atoms with Gasteiger partial charge in [-0.3, -0.25) is 14.3 Å². The maximum Gasteiger partial charge on any atom is 0.330 e. The summed E-state index contributed by atoms with van der Waals surface area (Å²) < 4.78 is 6.76. The number of nitrogens with one attached hydrogen (secondary N) is 1. The molecule has 1 aromatic heterocycles. The summed E-state index contributed by atoms with van der Waals surface area (Å²) in [5.74, 6) is 0.177. The van der Waals surface area contributed by atoms with E-state index in [0.29, 0.717) is 26.2 Å². The highest BCUT2D eigenvalue weighted by Gasteiger charge is 2.25. The Kier molecular flexibility index (Phi) is 5.03. The van der Waals surface area contributed by atoms with Gasteiger partial charge in [0.05, 0.1) is 19.3 Å². The zero-order valence-corrected chi connectivity index (χ0v) is 12.2. The molecule has 2 rings (SSSR count). The standard InChI is InChI=1S/C13H22N4O4/c1-2-3-4-17-11(14)10(12(19)15-13(17)20)16-5-6-21-9(7-16)8-18/h9,18H,2-8,14H2,1H3,(H,15,19,20). The molecule has 1 saturated heterocycles. The molecule has 118 valence electrons. The SMILES string of the molecule is CCCCn1c(N)c(N2CCOC(CO)C2)c(=O)[nH]c1=O. The van der Waals surface area contributed by atoms with Crippen LogP contribution in [0.5, 0.6) is 0 Å². The third kappa shape index (κ3) is 3.27. The van der Waals surface area contributed by atoms with Gasteiger partial charge < -0.3 is 20.5 Å². The number of unbranched alkanes of at least 4 members (excludes halogenated alkanes) is 1. The van der Waals surface area contributed by atoms with E-state index in [9.17, 15) is 14.7 Å². The van der Waals surface area contributed by atoms with E-state index in [1.54, 1.807) is 4.90 Å². The first-order valence-corrected chi connectivity index (χ1v) is 7.18. The van der Waals surface area contributed by atoms with Crippen molar-refractivity contribution >= 4 is 11.5 Å². The monoisotopic (exact) mass is 298 g/mol. The second kappa shape index (κ2) is 6.77. The molecule has 21 heavy (non-hydrogen) atoms. The fourth-order valence-electron chi connectivity index (χ4n) is 2.45. The molecular formula is C13H22N4O4. The number of aromatic amines is 1. The summed E-state index contributed by atoms with van der Waals surface area (Å²) in [7, 11) is 0. The van der Waals surface area contributed by atoms with Gasteiger partial charge in [0.25, 0.3) is 5.56 Å². The van der Waals surface area contributed by atoms with Crippen LogP contribution >= 0.6 is 0 Å². The first-order valence-electron chi connectivity index (χ1n) is 7.18. The van der Waals surface area contributed by atoms with Crippen molar-refractivity contribution in [2.75, 3.05) is 36.9 Å². The van der Waals surface area contributed by atoms with E-state index in [1.165, 1.54) is 4.57 Å². The molecule has 8 heteroatoms. The van der Waals surface area contributed by atoms with Crippen LogP contribution in [0, 0.1) is 0 Å². The number of morpholine rings is 1. The summed E-state index contributed by atoms with van der Waals surface area (Å²) >= 11 is 0. The number of hydrogen-bond donors (Lipinski definition) is 3. The number of anilines is 2. The summed E-state index contributed by atoms with van der Waals surface area (Å²) in [4.78, 5) is 28.0. The molecule has 1 atom stereocenters. The molecule has 0 saturated carbocycles. The van der Waals surface area contributed by atoms with Crippen LogP contribution in [0.3, 0.4) is 0 Å². The Hall–Kier alpha value is -1.80. The second-order valence-corrected chi connectivity index (χ2v) is 5.12. The molecule has 2 heterocycles. The van der Waals surface area contributed by atoms with Gasteiger partial charge in [-0.05, 0) is 6.42 Å². The molecule has 1 aromatic rings. The lowest BCUT2D eigenvalue weighted by molar-refractivity contribution is 0.00351. The summed E-state index contributed by atoms with van der Waals surface area (Å²) in [6.07, 6.45) is 1.37. The molecule has 0 spiro atoms. The summed E-state index contributed by atoms with van der Waals surface area (Å²) in [6, 6.07) is 0. The number of ether oxygens (including phenoxy) is 1. The minimum Gasteiger partial charge on any atom is -0.394 e. The van der Waals surface area contributed by atoms with Gasteiger partial charge in [0.1, 0.15) is 11.5 Å². The summed E-state index contributed by atoms with van der Waals surface area (Å²) in [5.41, 5.74) is 5.35. The number of nitrogens with zero attached hydrogens (tertiary/aromatic N) is 2. The van der Waals surface area contributed by atoms with E-state index in [4.69, 9.17) is 10.5 Å². The van der Waals surface area contributed by atoms with E-state index in [1.807, 2.05) is 6.92 Å². The Morgan fingerprint density at radius 2 is 2.24 bits per heavy atom. The molecule has 0 bridgehead atoms. The summed E-state index contributed by atoms with van der Waals surface area (Å²) in [6.45, 7) is 3.63. The number of hydrogen-bond acceptors (Lipinski definition) is 6. The van der Waals surface area contributed by atoms with Gasteiger partial charge in [0.2, 0.25) is 0 Å². The van der Waals surface area contributed by atoms with Gasteiger partial charge in [-0.1, -0.05) is 13.3 Å². The van der Waals surface area contributed by atoms with Crippen molar-refractivity contribution in [3.05, 3.63) is 20.8 Å². The molecule has 1 aliphatic heterocycles. The predicted octanol–water partition coefficient (Wildman–Crippen LogP) is -0.884. The molecule has 1 aliphatic rings. The molecular weight excluding hydrogens is 276 g/mol. The Morgan fingerprint density at radius 3 is 2.90 bits per heavy atom. The van der Waals surface area contributed by atoms with Crippen molar-refractivity contribution in [1.29, 1.82) is 0 Å². The molecule has 0 radical (unpaired) electrons. The van der Waals surface area contributed by atoms with Crippen molar-refractivity contribution in [2.45, 2.75) is 32.4 Å². The van der Waals surface area contributed by atoms with Crippen LogP contribution in [0.25, 0.3) is 0 Å². The largest absolute Gasteiger partial charge is 0.394 e. The van der Waals surface area contributed by atoms with Gasteiger partial charge in [-0.25, -0.2) is 4.79 Å². The van der Waals surface area contributed by atoms with Crippen molar-refractivity contribution in [3.63, 3.8) is 0 Å². The molecule has 0 aromatic carbocycles. The van der Waals surface area contributed by atoms with Crippen LogP contribution in [0.15, 0.2) is 9.59 Å². The van der Waals surface area contributed by atoms with Crippen LogP contribution in [-0.4, -0.2) is 47.1 Å². The Bertz CT molecular complexity index is 595. The Labute approximate surface area is 122 Å². The van der Waals surface area contributed by atoms with Crippen LogP contribution in [-0.2, 0) is 11.3 Å². The zero-order valence-electron chi connectivity index (χ0n) is 12.2. The molecule has 0 amide bonds. The number of nitrogens with two attached hydrogens (primary N) is 1. The third-order valence-corrected chi connectivity index (χ3v) is 3.61. The van der Waals surface area contributed by atoms with Crippen molar-refractivity contribution in [2.24, 2.45) is 0 Å². The number of aliphatic hydroxyl groups is 1. The molecule has 8 nitrogen and oxygen atoms in total. The predicted molar refractivity (Wildman–Crippen MR) is 79.7 cm³/mol. The lowest BCUT2D eigenvalue weighted by Crippen LogP contribution is -2.47. The maximum absolute atomic E-state index is 12.1. The van der Waals surface area contributed by atoms with E-state index < -0.39 is 11.2 Å². The highest BCUT2D eigenvalue weighted by Crippen LogP contribution is 2.19. The minimum atomic E-state index is -0.496. The fourth-order valence-corrected chi connectivity index (χ4v) is 2.45. The lowest BCUT2D eigenvalue weighted by Gasteiger charge is -2.33. The van der Waals surface area contributed by atoms with Crippen molar-refractivity contribution in [1.82, 2.24) is 9.55 Å². The zero-order chi connectivity index (χ0) is 15.4. The van der Waals surface area contributed by atoms with Gasteiger partial charge in [-0.2, -0.15) is 0 Å². The van der Waals surface area contributed by atoms with Gasteiger partial charge in [0.15, 0.2) is 0 Å². The van der Waals surface area contributed by atoms with E-state index in [2.05, 4.69) is 4.98 Å². The molecule has 1 unspecified atom stereocenters. The number of rotatable bonds is 5. The van der Waals surface area contributed by atoms with E-state index >= 15 is 0 Å². The third-order valence-electron chi connectivity index (χ3n) is 3.61. The van der Waals surface area contributed by atoms with Gasteiger partial charge in [0, 0.05) is 19.6 Å². The minimum absolute atomic E-state index is 0.121. The maximum atomic E-state index is 12.1. The van der Waals surface area contributed by atoms with Crippen LogP contribution < -0.4 is 21.9 Å². The number of aliphatic hydroxyl groups excluding tert-OH is 1. The highest BCUT2D eigenvalue weighted by atomic mass is 16.5. The Balaban J connectivity index is 2.38. The highest BCUT2D eigenvalue weighted by molar-refractivity contribution is 5.62.